The van der Waals surface area contributed by atoms with Crippen LogP contribution < -0.4 is 5.43 Å². The van der Waals surface area contributed by atoms with E-state index in [4.69, 9.17) is 0 Å². The van der Waals surface area contributed by atoms with Gasteiger partial charge < -0.3 is 0 Å². The first-order valence-electron chi connectivity index (χ1n) is 6.64. The minimum atomic E-state index is -0.113. The molecule has 2 aromatic carbocycles. The van der Waals surface area contributed by atoms with E-state index < -0.39 is 0 Å². The van der Waals surface area contributed by atoms with E-state index in [2.05, 4.69) is 10.5 Å². The predicted octanol–water partition coefficient (Wildman–Crippen LogP) is 3.59. The third-order valence-electron chi connectivity index (χ3n) is 3.18. The van der Waals surface area contributed by atoms with Gasteiger partial charge in [0.15, 0.2) is 0 Å². The number of hydrogen-bond donors (Lipinski definition) is 1. The number of carbonyl (C=O) groups is 1. The number of hydrazone groups is 1. The van der Waals surface area contributed by atoms with Crippen molar-refractivity contribution in [1.82, 2.24) is 5.43 Å². The highest BCUT2D eigenvalue weighted by atomic mass is 32.1. The molecule has 1 heterocycles. The van der Waals surface area contributed by atoms with Crippen molar-refractivity contribution in [1.29, 1.82) is 0 Å². The molecule has 0 bridgehead atoms. The first kappa shape index (κ1) is 13.5. The summed E-state index contributed by atoms with van der Waals surface area (Å²) in [5.41, 5.74) is 4.57. The lowest BCUT2D eigenvalue weighted by Gasteiger charge is -2.05. The number of hydrogen-bond acceptors (Lipinski definition) is 3. The van der Waals surface area contributed by atoms with Crippen LogP contribution in [0, 0.1) is 0 Å². The Hall–Kier alpha value is -2.46. The molecule has 3 nitrogen and oxygen atoms in total. The number of fused-ring (bicyclic) bond motifs is 1. The summed E-state index contributed by atoms with van der Waals surface area (Å²) in [6.45, 7) is 0. The summed E-state index contributed by atoms with van der Waals surface area (Å²) < 4.78 is 0. The summed E-state index contributed by atoms with van der Waals surface area (Å²) in [6, 6.07) is 16.0. The Morgan fingerprint density at radius 3 is 2.86 bits per heavy atom. The van der Waals surface area contributed by atoms with Gasteiger partial charge in [0.1, 0.15) is 0 Å². The van der Waals surface area contributed by atoms with Crippen molar-refractivity contribution in [3.63, 3.8) is 0 Å². The van der Waals surface area contributed by atoms with Gasteiger partial charge >= 0.3 is 0 Å². The molecule has 1 aromatic heterocycles. The van der Waals surface area contributed by atoms with E-state index in [0.29, 0.717) is 6.42 Å². The molecule has 0 saturated carbocycles. The molecule has 0 aliphatic carbocycles. The van der Waals surface area contributed by atoms with Crippen molar-refractivity contribution in [3.05, 3.63) is 70.4 Å². The fraction of sp³-hybridized carbons (Fsp3) is 0.0588. The molecule has 0 aliphatic heterocycles. The summed E-state index contributed by atoms with van der Waals surface area (Å²) in [5.74, 6) is -0.113. The maximum atomic E-state index is 12.0. The summed E-state index contributed by atoms with van der Waals surface area (Å²) in [6.07, 6.45) is 1.97. The minimum Gasteiger partial charge on any atom is -0.273 e. The average Bonchev–Trinajstić information content (AvgIpc) is 3.01. The Bertz CT molecular complexity index is 773. The van der Waals surface area contributed by atoms with Gasteiger partial charge in [0, 0.05) is 5.56 Å². The normalized spacial score (nSPS) is 11.0. The van der Waals surface area contributed by atoms with Gasteiger partial charge in [0.2, 0.25) is 5.91 Å². The van der Waals surface area contributed by atoms with E-state index in [9.17, 15) is 4.79 Å². The molecule has 0 fully saturated rings. The minimum absolute atomic E-state index is 0.113. The summed E-state index contributed by atoms with van der Waals surface area (Å²) in [5, 5.41) is 10.2. The number of nitrogens with zero attached hydrogens (tertiary/aromatic N) is 1. The zero-order chi connectivity index (χ0) is 14.5. The first-order chi connectivity index (χ1) is 10.3. The topological polar surface area (TPSA) is 41.5 Å². The molecule has 0 aliphatic rings. The molecule has 21 heavy (non-hydrogen) atoms. The Labute approximate surface area is 126 Å². The number of thiophene rings is 1. The monoisotopic (exact) mass is 294 g/mol. The van der Waals surface area contributed by atoms with Gasteiger partial charge in [0.05, 0.1) is 12.6 Å². The quantitative estimate of drug-likeness (QED) is 0.580. The molecule has 0 spiro atoms. The molecular formula is C17H14N2OS. The Kier molecular flexibility index (Phi) is 4.07. The zero-order valence-corrected chi connectivity index (χ0v) is 12.1. The molecule has 0 atom stereocenters. The number of benzene rings is 2. The maximum Gasteiger partial charge on any atom is 0.244 e. The van der Waals surface area contributed by atoms with E-state index in [1.807, 2.05) is 59.3 Å². The maximum absolute atomic E-state index is 12.0. The molecule has 0 radical (unpaired) electrons. The highest BCUT2D eigenvalue weighted by Crippen LogP contribution is 2.18. The second kappa shape index (κ2) is 6.33. The SMILES string of the molecule is O=C(Cc1cccc2ccccc12)NN=Cc1ccsc1. The molecule has 0 saturated heterocycles. The third-order valence-corrected chi connectivity index (χ3v) is 3.88. The Morgan fingerprint density at radius 1 is 1.14 bits per heavy atom. The second-order valence-corrected chi connectivity index (χ2v) is 5.44. The van der Waals surface area contributed by atoms with Crippen molar-refractivity contribution in [2.45, 2.75) is 6.42 Å². The van der Waals surface area contributed by atoms with Crippen molar-refractivity contribution in [3.8, 4) is 0 Å². The molecule has 104 valence electrons. The number of carbonyl (C=O) groups excluding carboxylic acids is 1. The number of amides is 1. The molecule has 3 aromatic rings. The highest BCUT2D eigenvalue weighted by Gasteiger charge is 2.05. The van der Waals surface area contributed by atoms with Gasteiger partial charge in [-0.05, 0) is 33.2 Å². The predicted molar refractivity (Wildman–Crippen MR) is 87.7 cm³/mol. The van der Waals surface area contributed by atoms with Crippen LogP contribution in [0.15, 0.2) is 64.4 Å². The van der Waals surface area contributed by atoms with Crippen molar-refractivity contribution in [2.75, 3.05) is 0 Å². The van der Waals surface area contributed by atoms with Gasteiger partial charge in [-0.2, -0.15) is 16.4 Å². The first-order valence-corrected chi connectivity index (χ1v) is 7.58. The van der Waals surface area contributed by atoms with Crippen LogP contribution in [-0.4, -0.2) is 12.1 Å². The Morgan fingerprint density at radius 2 is 2.00 bits per heavy atom. The van der Waals surface area contributed by atoms with E-state index in [-0.39, 0.29) is 5.91 Å². The standard InChI is InChI=1S/C17H14N2OS/c20-17(19-18-11-13-8-9-21-12-13)10-15-6-3-5-14-4-1-2-7-16(14)15/h1-9,11-12H,10H2,(H,19,20). The number of rotatable bonds is 4. The van der Waals surface area contributed by atoms with Crippen LogP contribution in [0.5, 0.6) is 0 Å². The summed E-state index contributed by atoms with van der Waals surface area (Å²) in [7, 11) is 0. The lowest BCUT2D eigenvalue weighted by atomic mass is 10.0. The third kappa shape index (κ3) is 3.35. The Balaban J connectivity index is 1.69. The van der Waals surface area contributed by atoms with Crippen LogP contribution >= 0.6 is 11.3 Å². The number of nitrogens with one attached hydrogen (secondary N) is 1. The van der Waals surface area contributed by atoms with Crippen molar-refractivity contribution >= 4 is 34.2 Å². The zero-order valence-electron chi connectivity index (χ0n) is 11.3. The lowest BCUT2D eigenvalue weighted by Crippen LogP contribution is -2.19. The largest absolute Gasteiger partial charge is 0.273 e. The molecule has 3 rings (SSSR count). The van der Waals surface area contributed by atoms with Gasteiger partial charge in [-0.25, -0.2) is 5.43 Å². The summed E-state index contributed by atoms with van der Waals surface area (Å²) >= 11 is 1.60. The van der Waals surface area contributed by atoms with E-state index >= 15 is 0 Å². The molecule has 0 unspecified atom stereocenters. The van der Waals surface area contributed by atoms with E-state index in [1.165, 1.54) is 0 Å². The smallest absolute Gasteiger partial charge is 0.244 e. The van der Waals surface area contributed by atoms with Gasteiger partial charge in [-0.3, -0.25) is 4.79 Å². The van der Waals surface area contributed by atoms with Crippen LogP contribution in [0.3, 0.4) is 0 Å². The molecule has 4 heteroatoms. The van der Waals surface area contributed by atoms with Crippen LogP contribution in [0.2, 0.25) is 0 Å². The summed E-state index contributed by atoms with van der Waals surface area (Å²) in [4.78, 5) is 12.0. The molecule has 1 N–H and O–H groups in total. The van der Waals surface area contributed by atoms with Crippen LogP contribution in [0.25, 0.3) is 10.8 Å². The molecule has 1 amide bonds. The highest BCUT2D eigenvalue weighted by molar-refractivity contribution is 7.08. The van der Waals surface area contributed by atoms with Crippen molar-refractivity contribution in [2.24, 2.45) is 5.10 Å². The van der Waals surface area contributed by atoms with Crippen LogP contribution in [0.1, 0.15) is 11.1 Å². The van der Waals surface area contributed by atoms with Crippen LogP contribution in [0.4, 0.5) is 0 Å². The second-order valence-electron chi connectivity index (χ2n) is 4.66. The van der Waals surface area contributed by atoms with E-state index in [1.54, 1.807) is 17.6 Å². The van der Waals surface area contributed by atoms with Gasteiger partial charge in [-0.1, -0.05) is 42.5 Å². The van der Waals surface area contributed by atoms with Gasteiger partial charge in [0.25, 0.3) is 0 Å². The van der Waals surface area contributed by atoms with E-state index in [0.717, 1.165) is 21.9 Å². The fourth-order valence-corrected chi connectivity index (χ4v) is 2.80. The average molecular weight is 294 g/mol. The van der Waals surface area contributed by atoms with Gasteiger partial charge in [-0.15, -0.1) is 0 Å². The van der Waals surface area contributed by atoms with Crippen molar-refractivity contribution < 1.29 is 4.79 Å². The fourth-order valence-electron chi connectivity index (χ4n) is 2.19. The lowest BCUT2D eigenvalue weighted by molar-refractivity contribution is -0.120. The molecular weight excluding hydrogens is 280 g/mol. The van der Waals surface area contributed by atoms with Crippen LogP contribution in [-0.2, 0) is 11.2 Å².